The van der Waals surface area contributed by atoms with Gasteiger partial charge in [-0.2, -0.15) is 0 Å². The highest BCUT2D eigenvalue weighted by Crippen LogP contribution is 2.52. The number of nitrogens with one attached hydrogen (secondary N) is 1. The molecule has 164 valence electrons. The van der Waals surface area contributed by atoms with Gasteiger partial charge in [-0.15, -0.1) is 0 Å². The number of nitrogens with zero attached hydrogens (tertiary/aromatic N) is 2. The molecule has 7 nitrogen and oxygen atoms in total. The molecule has 0 spiro atoms. The van der Waals surface area contributed by atoms with Crippen LogP contribution >= 0.6 is 11.6 Å². The number of likely N-dealkylation sites (tertiary alicyclic amines) is 1. The molecular weight excluding hydrogens is 413 g/mol. The number of benzene rings is 1. The zero-order valence-electron chi connectivity index (χ0n) is 17.7. The fraction of sp³-hybridized carbons (Fsp3) is 0.571. The molecule has 3 rings (SSSR count). The molecule has 2 fully saturated rings. The minimum atomic E-state index is -1.14. The first kappa shape index (κ1) is 22.3. The zero-order chi connectivity index (χ0) is 22.4. The molecular formula is C21H27ClFN3O4. The van der Waals surface area contributed by atoms with Crippen LogP contribution < -0.4 is 5.32 Å². The van der Waals surface area contributed by atoms with E-state index in [0.29, 0.717) is 13.1 Å². The number of carbonyl (C=O) groups excluding carboxylic acids is 2. The van der Waals surface area contributed by atoms with Gasteiger partial charge in [0, 0.05) is 24.6 Å². The molecule has 9 heteroatoms. The van der Waals surface area contributed by atoms with Gasteiger partial charge in [0.05, 0.1) is 10.6 Å². The maximum Gasteiger partial charge on any atom is 0.410 e. The highest BCUT2D eigenvalue weighted by atomic mass is 35.5. The molecule has 3 atom stereocenters. The summed E-state index contributed by atoms with van der Waals surface area (Å²) >= 11 is 5.83. The minimum Gasteiger partial charge on any atom is -0.444 e. The van der Waals surface area contributed by atoms with Crippen LogP contribution in [0.2, 0.25) is 5.02 Å². The lowest BCUT2D eigenvalue weighted by Gasteiger charge is -2.29. The van der Waals surface area contributed by atoms with Crippen molar-refractivity contribution in [2.45, 2.75) is 45.8 Å². The molecule has 1 aromatic carbocycles. The van der Waals surface area contributed by atoms with Crippen molar-refractivity contribution in [1.82, 2.24) is 10.2 Å². The topological polar surface area (TPSA) is 91.2 Å². The van der Waals surface area contributed by atoms with Gasteiger partial charge in [-0.05, 0) is 58.6 Å². The van der Waals surface area contributed by atoms with E-state index in [2.05, 4.69) is 10.5 Å². The Hall–Kier alpha value is -2.35. The largest absolute Gasteiger partial charge is 0.444 e. The standard InChI is InChI=1S/C21H27ClFN3O4/c1-20(2,3)30-19(28)26-9-12-13(10-26)15(12)18(27)24-21(4,5)17(25-29)11-7-6-8-14(22)16(11)23/h6-8,12-13,15,29H,9-10H2,1-5H3,(H,24,27)/t12-,13+,15?. The van der Waals surface area contributed by atoms with Crippen molar-refractivity contribution in [2.75, 3.05) is 13.1 Å². The maximum absolute atomic E-state index is 14.4. The van der Waals surface area contributed by atoms with Crippen molar-refractivity contribution >= 4 is 29.3 Å². The Morgan fingerprint density at radius 2 is 1.83 bits per heavy atom. The third kappa shape index (κ3) is 4.38. The number of halogens is 2. The molecule has 1 aliphatic heterocycles. The highest BCUT2D eigenvalue weighted by molar-refractivity contribution is 6.31. The summed E-state index contributed by atoms with van der Waals surface area (Å²) in [6.45, 7) is 9.61. The quantitative estimate of drug-likeness (QED) is 0.425. The fourth-order valence-electron chi connectivity index (χ4n) is 4.04. The van der Waals surface area contributed by atoms with Gasteiger partial charge in [-0.25, -0.2) is 9.18 Å². The Bertz CT molecular complexity index is 885. The first-order chi connectivity index (χ1) is 13.9. The summed E-state index contributed by atoms with van der Waals surface area (Å²) in [7, 11) is 0. The lowest BCUT2D eigenvalue weighted by Crippen LogP contribution is -2.51. The number of rotatable bonds is 4. The Labute approximate surface area is 180 Å². The van der Waals surface area contributed by atoms with Gasteiger partial charge in [0.1, 0.15) is 11.3 Å². The monoisotopic (exact) mass is 439 g/mol. The number of oxime groups is 1. The van der Waals surface area contributed by atoms with Crippen LogP contribution in [0.1, 0.15) is 40.2 Å². The highest BCUT2D eigenvalue weighted by Gasteiger charge is 2.61. The molecule has 1 aliphatic carbocycles. The van der Waals surface area contributed by atoms with Crippen LogP contribution in [-0.4, -0.2) is 52.0 Å². The molecule has 2 amide bonds. The fourth-order valence-corrected chi connectivity index (χ4v) is 4.22. The van der Waals surface area contributed by atoms with E-state index in [1.807, 2.05) is 20.8 Å². The van der Waals surface area contributed by atoms with E-state index in [1.165, 1.54) is 12.1 Å². The number of piperidine rings is 1. The molecule has 0 bridgehead atoms. The summed E-state index contributed by atoms with van der Waals surface area (Å²) in [5.74, 6) is -1.06. The zero-order valence-corrected chi connectivity index (χ0v) is 18.5. The Balaban J connectivity index is 1.63. The molecule has 2 N–H and O–H groups in total. The average Bonchev–Trinajstić information content (AvgIpc) is 3.11. The number of hydrogen-bond donors (Lipinski definition) is 2. The minimum absolute atomic E-state index is 0.0161. The third-order valence-electron chi connectivity index (χ3n) is 5.48. The van der Waals surface area contributed by atoms with E-state index in [1.54, 1.807) is 24.8 Å². The third-order valence-corrected chi connectivity index (χ3v) is 5.77. The van der Waals surface area contributed by atoms with Gasteiger partial charge in [-0.3, -0.25) is 4.79 Å². The molecule has 1 heterocycles. The Morgan fingerprint density at radius 1 is 1.23 bits per heavy atom. The Morgan fingerprint density at radius 3 is 2.37 bits per heavy atom. The van der Waals surface area contributed by atoms with Gasteiger partial charge in [0.15, 0.2) is 5.82 Å². The van der Waals surface area contributed by atoms with E-state index in [4.69, 9.17) is 16.3 Å². The summed E-state index contributed by atoms with van der Waals surface area (Å²) in [4.78, 5) is 26.7. The van der Waals surface area contributed by atoms with E-state index in [0.717, 1.165) is 0 Å². The second kappa shape index (κ2) is 7.72. The number of hydrogen-bond acceptors (Lipinski definition) is 5. The summed E-state index contributed by atoms with van der Waals surface area (Å²) in [5, 5.41) is 15.5. The molecule has 1 saturated heterocycles. The van der Waals surface area contributed by atoms with Crippen LogP contribution in [0, 0.1) is 23.6 Å². The van der Waals surface area contributed by atoms with Crippen LogP contribution in [0.15, 0.2) is 23.4 Å². The second-order valence-corrected chi connectivity index (χ2v) is 9.81. The van der Waals surface area contributed by atoms with E-state index in [9.17, 15) is 19.2 Å². The molecule has 1 aromatic rings. The number of ether oxygens (including phenoxy) is 1. The smallest absolute Gasteiger partial charge is 0.410 e. The summed E-state index contributed by atoms with van der Waals surface area (Å²) in [5.41, 5.74) is -1.72. The molecule has 0 aromatic heterocycles. The first-order valence-corrected chi connectivity index (χ1v) is 10.2. The maximum atomic E-state index is 14.4. The molecule has 30 heavy (non-hydrogen) atoms. The van der Waals surface area contributed by atoms with Crippen molar-refractivity contribution in [3.05, 3.63) is 34.6 Å². The molecule has 1 unspecified atom stereocenters. The molecule has 2 aliphatic rings. The normalized spacial score (nSPS) is 23.8. The average molecular weight is 440 g/mol. The van der Waals surface area contributed by atoms with E-state index in [-0.39, 0.29) is 46.1 Å². The van der Waals surface area contributed by atoms with Gasteiger partial charge < -0.3 is 20.2 Å². The van der Waals surface area contributed by atoms with Crippen molar-refractivity contribution in [2.24, 2.45) is 22.9 Å². The number of fused-ring (bicyclic) bond motifs is 1. The van der Waals surface area contributed by atoms with E-state index < -0.39 is 17.0 Å². The van der Waals surface area contributed by atoms with Crippen LogP contribution in [0.25, 0.3) is 0 Å². The summed E-state index contributed by atoms with van der Waals surface area (Å²) in [6.07, 6.45) is -0.375. The van der Waals surface area contributed by atoms with E-state index >= 15 is 0 Å². The summed E-state index contributed by atoms with van der Waals surface area (Å²) < 4.78 is 19.8. The van der Waals surface area contributed by atoms with Gasteiger partial charge in [-0.1, -0.05) is 22.8 Å². The van der Waals surface area contributed by atoms with Crippen molar-refractivity contribution in [1.29, 1.82) is 0 Å². The lowest BCUT2D eigenvalue weighted by atomic mass is 9.91. The van der Waals surface area contributed by atoms with Crippen LogP contribution in [-0.2, 0) is 9.53 Å². The summed E-state index contributed by atoms with van der Waals surface area (Å²) in [6, 6.07) is 4.37. The van der Waals surface area contributed by atoms with Gasteiger partial charge in [0.25, 0.3) is 0 Å². The predicted molar refractivity (Wildman–Crippen MR) is 110 cm³/mol. The lowest BCUT2D eigenvalue weighted by molar-refractivity contribution is -0.124. The number of carbonyl (C=O) groups is 2. The van der Waals surface area contributed by atoms with Crippen LogP contribution in [0.4, 0.5) is 9.18 Å². The number of amides is 2. The van der Waals surface area contributed by atoms with Crippen LogP contribution in [0.3, 0.4) is 0 Å². The first-order valence-electron chi connectivity index (χ1n) is 9.82. The van der Waals surface area contributed by atoms with Crippen molar-refractivity contribution in [3.8, 4) is 0 Å². The Kier molecular flexibility index (Phi) is 5.75. The molecule has 1 saturated carbocycles. The molecule has 0 radical (unpaired) electrons. The van der Waals surface area contributed by atoms with Crippen LogP contribution in [0.5, 0.6) is 0 Å². The van der Waals surface area contributed by atoms with Crippen molar-refractivity contribution < 1.29 is 23.9 Å². The van der Waals surface area contributed by atoms with Gasteiger partial charge in [0.2, 0.25) is 5.91 Å². The van der Waals surface area contributed by atoms with Gasteiger partial charge >= 0.3 is 6.09 Å². The predicted octanol–water partition coefficient (Wildman–Crippen LogP) is 3.67. The SMILES string of the molecule is CC(C)(C)OC(=O)N1C[C@@H]2C(C(=O)NC(C)(C)C(=NO)c3cccc(Cl)c3F)[C@@H]2C1. The van der Waals surface area contributed by atoms with Crippen molar-refractivity contribution in [3.63, 3.8) is 0 Å². The second-order valence-electron chi connectivity index (χ2n) is 9.40.